The first-order valence-corrected chi connectivity index (χ1v) is 16.7. The Hall–Kier alpha value is -0.511. The van der Waals surface area contributed by atoms with Gasteiger partial charge in [0, 0.05) is 0 Å². The Morgan fingerprint density at radius 3 is 2.39 bits per heavy atom. The van der Waals surface area contributed by atoms with E-state index in [4.69, 9.17) is 4.74 Å². The molecule has 0 radical (unpaired) electrons. The predicted octanol–water partition coefficient (Wildman–Crippen LogP) is 2.90. The molecule has 2 rings (SSSR count). The first-order valence-electron chi connectivity index (χ1n) is 6.70. The Bertz CT molecular complexity index is 431. The molecule has 0 bridgehead atoms. The zero-order valence-corrected chi connectivity index (χ0v) is 14.5. The van der Waals surface area contributed by atoms with Gasteiger partial charge in [-0.15, -0.1) is 0 Å². The summed E-state index contributed by atoms with van der Waals surface area (Å²) >= 11 is -1.93. The fourth-order valence-corrected chi connectivity index (χ4v) is 5.63. The third-order valence-corrected chi connectivity index (χ3v) is 9.48. The molecule has 1 saturated carbocycles. The Labute approximate surface area is 114 Å². The molecule has 1 aliphatic carbocycles. The number of carbonyl (C=O) groups excluding carboxylic acids is 1. The molecule has 0 heterocycles. The molecule has 1 aliphatic rings. The van der Waals surface area contributed by atoms with Crippen LogP contribution in [0, 0.1) is 5.92 Å². The average molecular weight is 353 g/mol. The Kier molecular flexibility index (Phi) is 4.05. The van der Waals surface area contributed by atoms with Crippen molar-refractivity contribution in [1.29, 1.82) is 0 Å². The van der Waals surface area contributed by atoms with Crippen molar-refractivity contribution in [3.63, 3.8) is 0 Å². The van der Waals surface area contributed by atoms with E-state index in [1.165, 1.54) is 5.56 Å². The van der Waals surface area contributed by atoms with Crippen molar-refractivity contribution >= 4 is 27.9 Å². The number of rotatable bonds is 4. The van der Waals surface area contributed by atoms with Gasteiger partial charge in [-0.1, -0.05) is 0 Å². The fraction of sp³-hybridized carbons (Fsp3) is 0.533. The molecule has 0 amide bonds. The summed E-state index contributed by atoms with van der Waals surface area (Å²) in [6.07, 6.45) is 0.955. The maximum atomic E-state index is 11.6. The second-order valence-electron chi connectivity index (χ2n) is 6.07. The molecule has 1 aromatic carbocycles. The zero-order valence-electron chi connectivity index (χ0n) is 11.7. The summed E-state index contributed by atoms with van der Waals surface area (Å²) in [6.45, 7) is 2.35. The van der Waals surface area contributed by atoms with E-state index in [0.717, 1.165) is 6.42 Å². The summed E-state index contributed by atoms with van der Waals surface area (Å²) in [7, 11) is 0. The number of hydrogen-bond donors (Lipinski definition) is 0. The van der Waals surface area contributed by atoms with Gasteiger partial charge in [0.05, 0.1) is 0 Å². The van der Waals surface area contributed by atoms with Crippen LogP contribution in [0.25, 0.3) is 0 Å². The number of carbonyl (C=O) groups is 1. The van der Waals surface area contributed by atoms with Crippen LogP contribution in [-0.2, 0) is 9.53 Å². The quantitative estimate of drug-likeness (QED) is 0.615. The molecular formula is C15H22O2Sn. The van der Waals surface area contributed by atoms with Crippen LogP contribution >= 0.6 is 0 Å². The fourth-order valence-electron chi connectivity index (χ4n) is 2.30. The number of esters is 1. The van der Waals surface area contributed by atoms with Gasteiger partial charge in [-0.2, -0.15) is 0 Å². The summed E-state index contributed by atoms with van der Waals surface area (Å²) in [5.41, 5.74) is 1.30. The van der Waals surface area contributed by atoms with Crippen molar-refractivity contribution in [2.24, 2.45) is 5.92 Å². The first kappa shape index (κ1) is 13.9. The summed E-state index contributed by atoms with van der Waals surface area (Å²) in [5, 5.41) is 0. The number of hydrogen-bond acceptors (Lipinski definition) is 2. The summed E-state index contributed by atoms with van der Waals surface area (Å²) in [5.74, 6) is 0.476. The molecule has 0 saturated heterocycles. The molecule has 0 spiro atoms. The van der Waals surface area contributed by atoms with E-state index >= 15 is 0 Å². The van der Waals surface area contributed by atoms with E-state index < -0.39 is 18.4 Å². The van der Waals surface area contributed by atoms with Gasteiger partial charge in [-0.3, -0.25) is 0 Å². The molecule has 0 aliphatic heterocycles. The molecule has 0 N–H and O–H groups in total. The molecule has 2 unspecified atom stereocenters. The van der Waals surface area contributed by atoms with E-state index in [1.54, 1.807) is 3.58 Å². The van der Waals surface area contributed by atoms with Crippen LogP contribution < -0.4 is 3.58 Å². The maximum absolute atomic E-state index is 11.6. The topological polar surface area (TPSA) is 26.3 Å². The van der Waals surface area contributed by atoms with Gasteiger partial charge in [-0.05, 0) is 0 Å². The van der Waals surface area contributed by atoms with Gasteiger partial charge in [-0.25, -0.2) is 0 Å². The van der Waals surface area contributed by atoms with Crippen LogP contribution in [0.15, 0.2) is 24.3 Å². The molecule has 1 aromatic rings. The Balaban J connectivity index is 2.03. The van der Waals surface area contributed by atoms with Crippen LogP contribution in [-0.4, -0.2) is 31.0 Å². The molecule has 18 heavy (non-hydrogen) atoms. The summed E-state index contributed by atoms with van der Waals surface area (Å²) in [4.78, 5) is 18.9. The van der Waals surface area contributed by atoms with Gasteiger partial charge >= 0.3 is 114 Å². The number of benzene rings is 1. The van der Waals surface area contributed by atoms with Crippen molar-refractivity contribution in [3.8, 4) is 0 Å². The SMILES string of the molecule is CCOC(=O)C1CC1c1cc[c]([Sn]([CH3])([CH3])[CH3])cc1. The molecule has 0 aromatic heterocycles. The third-order valence-electron chi connectivity index (χ3n) is 3.58. The standard InChI is InChI=1S/C12H13O2.3CH3.Sn/c1-2-14-12(13)11-8-10(11)9-6-4-3-5-7-9;;;;/h4-7,10-11H,2,8H2,1H3;3*1H3;. The van der Waals surface area contributed by atoms with E-state index in [2.05, 4.69) is 39.1 Å². The minimum absolute atomic E-state index is 0.0263. The van der Waals surface area contributed by atoms with Crippen molar-refractivity contribution in [2.45, 2.75) is 34.1 Å². The monoisotopic (exact) mass is 354 g/mol. The Morgan fingerprint density at radius 2 is 1.89 bits per heavy atom. The van der Waals surface area contributed by atoms with Crippen LogP contribution in [0.3, 0.4) is 0 Å². The van der Waals surface area contributed by atoms with E-state index in [0.29, 0.717) is 12.5 Å². The van der Waals surface area contributed by atoms with Crippen LogP contribution in [0.2, 0.25) is 14.8 Å². The van der Waals surface area contributed by atoms with Gasteiger partial charge in [0.25, 0.3) is 0 Å². The van der Waals surface area contributed by atoms with Crippen molar-refractivity contribution < 1.29 is 9.53 Å². The van der Waals surface area contributed by atoms with Crippen LogP contribution in [0.4, 0.5) is 0 Å². The van der Waals surface area contributed by atoms with Gasteiger partial charge in [0.2, 0.25) is 0 Å². The predicted molar refractivity (Wildman–Crippen MR) is 76.9 cm³/mol. The average Bonchev–Trinajstić information content (AvgIpc) is 3.08. The molecular weight excluding hydrogens is 331 g/mol. The van der Waals surface area contributed by atoms with E-state index in [9.17, 15) is 4.79 Å². The van der Waals surface area contributed by atoms with Crippen molar-refractivity contribution in [1.82, 2.24) is 0 Å². The summed E-state index contributed by atoms with van der Waals surface area (Å²) < 4.78 is 6.61. The van der Waals surface area contributed by atoms with Crippen molar-refractivity contribution in [3.05, 3.63) is 29.8 Å². The third kappa shape index (κ3) is 3.08. The zero-order chi connectivity index (χ0) is 13.3. The van der Waals surface area contributed by atoms with Gasteiger partial charge in [0.15, 0.2) is 0 Å². The molecule has 2 atom stereocenters. The molecule has 98 valence electrons. The second kappa shape index (κ2) is 5.23. The van der Waals surface area contributed by atoms with Gasteiger partial charge in [0.1, 0.15) is 0 Å². The molecule has 2 nitrogen and oxygen atoms in total. The Morgan fingerprint density at radius 1 is 1.28 bits per heavy atom. The van der Waals surface area contributed by atoms with Gasteiger partial charge < -0.3 is 0 Å². The van der Waals surface area contributed by atoms with Crippen LogP contribution in [0.5, 0.6) is 0 Å². The first-order chi connectivity index (χ1) is 8.43. The van der Waals surface area contributed by atoms with E-state index in [1.807, 2.05) is 6.92 Å². The number of ether oxygens (including phenoxy) is 1. The second-order valence-corrected chi connectivity index (χ2v) is 20.6. The van der Waals surface area contributed by atoms with Crippen molar-refractivity contribution in [2.75, 3.05) is 6.61 Å². The molecule has 3 heteroatoms. The molecule has 1 fully saturated rings. The summed E-state index contributed by atoms with van der Waals surface area (Å²) in [6, 6.07) is 8.96. The normalized spacial score (nSPS) is 22.7. The minimum atomic E-state index is -1.93. The van der Waals surface area contributed by atoms with E-state index in [-0.39, 0.29) is 11.9 Å². The van der Waals surface area contributed by atoms with Crippen LogP contribution in [0.1, 0.15) is 24.8 Å².